The molecule has 2 fully saturated rings. The number of piperazine rings is 1. The van der Waals surface area contributed by atoms with E-state index < -0.39 is 0 Å². The number of hydrogen-bond donors (Lipinski definition) is 0. The first kappa shape index (κ1) is 15.3. The summed E-state index contributed by atoms with van der Waals surface area (Å²) in [6.45, 7) is 6.29. The van der Waals surface area contributed by atoms with Crippen LogP contribution in [0.3, 0.4) is 0 Å². The van der Waals surface area contributed by atoms with Crippen LogP contribution in [0, 0.1) is 0 Å². The van der Waals surface area contributed by atoms with Gasteiger partial charge >= 0.3 is 0 Å². The minimum Gasteiger partial charge on any atom is -0.371 e. The fraction of sp³-hybridized carbons (Fsp3) is 0.500. The van der Waals surface area contributed by atoms with E-state index in [1.54, 1.807) is 11.3 Å². The summed E-state index contributed by atoms with van der Waals surface area (Å²) >= 11 is 1.79. The van der Waals surface area contributed by atoms with E-state index in [0.29, 0.717) is 18.8 Å². The summed E-state index contributed by atoms with van der Waals surface area (Å²) in [5, 5.41) is 4.43. The Morgan fingerprint density at radius 3 is 3.04 bits per heavy atom. The van der Waals surface area contributed by atoms with Gasteiger partial charge in [0.25, 0.3) is 0 Å². The van der Waals surface area contributed by atoms with Crippen LogP contribution in [-0.2, 0) is 17.9 Å². The lowest BCUT2D eigenvalue weighted by Crippen LogP contribution is -2.49. The number of thiophene rings is 1. The molecule has 0 aliphatic carbocycles. The molecule has 2 saturated heterocycles. The van der Waals surface area contributed by atoms with Gasteiger partial charge in [-0.15, -0.1) is 0 Å². The number of aromatic nitrogens is 1. The summed E-state index contributed by atoms with van der Waals surface area (Å²) in [6, 6.07) is 8.89. The predicted molar refractivity (Wildman–Crippen MR) is 92.4 cm³/mol. The van der Waals surface area contributed by atoms with Gasteiger partial charge in [0.2, 0.25) is 0 Å². The number of fused-ring (bicyclic) bond motifs is 1. The quantitative estimate of drug-likeness (QED) is 0.843. The molecule has 2 aliphatic heterocycles. The Bertz CT molecular complexity index is 604. The van der Waals surface area contributed by atoms with Crippen molar-refractivity contribution in [2.24, 2.45) is 0 Å². The van der Waals surface area contributed by atoms with Gasteiger partial charge in [-0.2, -0.15) is 11.3 Å². The molecule has 5 heteroatoms. The Labute approximate surface area is 141 Å². The van der Waals surface area contributed by atoms with Gasteiger partial charge < -0.3 is 4.74 Å². The lowest BCUT2D eigenvalue weighted by Gasteiger charge is -2.37. The zero-order valence-electron chi connectivity index (χ0n) is 13.3. The van der Waals surface area contributed by atoms with Gasteiger partial charge in [0.15, 0.2) is 0 Å². The van der Waals surface area contributed by atoms with E-state index in [1.807, 2.05) is 24.4 Å². The molecule has 2 aliphatic rings. The SMILES string of the molecule is c1ccc(COC2CC3CN(Cc4ccsc4)CCN3C2)nc1. The van der Waals surface area contributed by atoms with Gasteiger partial charge in [0, 0.05) is 45.0 Å². The van der Waals surface area contributed by atoms with Crippen LogP contribution in [0.15, 0.2) is 41.2 Å². The topological polar surface area (TPSA) is 28.6 Å². The average molecular weight is 329 g/mol. The maximum atomic E-state index is 6.10. The predicted octanol–water partition coefficient (Wildman–Crippen LogP) is 2.62. The molecule has 23 heavy (non-hydrogen) atoms. The first-order valence-electron chi connectivity index (χ1n) is 8.36. The smallest absolute Gasteiger partial charge is 0.0892 e. The highest BCUT2D eigenvalue weighted by Gasteiger charge is 2.36. The van der Waals surface area contributed by atoms with Crippen molar-refractivity contribution in [1.29, 1.82) is 0 Å². The van der Waals surface area contributed by atoms with Crippen molar-refractivity contribution in [3.63, 3.8) is 0 Å². The fourth-order valence-corrected chi connectivity index (χ4v) is 4.31. The normalized spacial score (nSPS) is 25.6. The van der Waals surface area contributed by atoms with Crippen LogP contribution in [0.1, 0.15) is 17.7 Å². The van der Waals surface area contributed by atoms with Gasteiger partial charge in [-0.1, -0.05) is 6.07 Å². The maximum Gasteiger partial charge on any atom is 0.0892 e. The molecule has 0 spiro atoms. The van der Waals surface area contributed by atoms with Gasteiger partial charge in [0.1, 0.15) is 0 Å². The van der Waals surface area contributed by atoms with Crippen molar-refractivity contribution in [3.05, 3.63) is 52.5 Å². The van der Waals surface area contributed by atoms with Crippen molar-refractivity contribution in [2.75, 3.05) is 26.2 Å². The summed E-state index contributed by atoms with van der Waals surface area (Å²) in [5.41, 5.74) is 2.47. The van der Waals surface area contributed by atoms with E-state index in [0.717, 1.165) is 31.7 Å². The number of pyridine rings is 1. The van der Waals surface area contributed by atoms with Crippen LogP contribution >= 0.6 is 11.3 Å². The molecule has 0 saturated carbocycles. The molecular weight excluding hydrogens is 306 g/mol. The molecule has 0 radical (unpaired) electrons. The van der Waals surface area contributed by atoms with Crippen molar-refractivity contribution in [3.8, 4) is 0 Å². The second-order valence-corrected chi connectivity index (χ2v) is 7.29. The maximum absolute atomic E-state index is 6.10. The summed E-state index contributed by atoms with van der Waals surface area (Å²) in [7, 11) is 0. The Morgan fingerprint density at radius 1 is 1.22 bits per heavy atom. The number of nitrogens with zero attached hydrogens (tertiary/aromatic N) is 3. The lowest BCUT2D eigenvalue weighted by molar-refractivity contribution is 0.0440. The van der Waals surface area contributed by atoms with E-state index in [4.69, 9.17) is 4.74 Å². The van der Waals surface area contributed by atoms with Gasteiger partial charge in [-0.05, 0) is 40.9 Å². The molecule has 0 amide bonds. The molecule has 122 valence electrons. The van der Waals surface area contributed by atoms with Gasteiger partial charge in [0.05, 0.1) is 18.4 Å². The monoisotopic (exact) mass is 329 g/mol. The molecular formula is C18H23N3OS. The Morgan fingerprint density at radius 2 is 2.22 bits per heavy atom. The van der Waals surface area contributed by atoms with Crippen LogP contribution in [0.25, 0.3) is 0 Å². The van der Waals surface area contributed by atoms with Crippen molar-refractivity contribution in [1.82, 2.24) is 14.8 Å². The first-order chi connectivity index (χ1) is 11.4. The molecule has 2 aromatic rings. The third-order valence-corrected chi connectivity index (χ3v) is 5.57. The molecule has 4 nitrogen and oxygen atoms in total. The zero-order valence-corrected chi connectivity index (χ0v) is 14.1. The Hall–Kier alpha value is -1.27. The van der Waals surface area contributed by atoms with Crippen LogP contribution in [0.4, 0.5) is 0 Å². The van der Waals surface area contributed by atoms with E-state index in [9.17, 15) is 0 Å². The third kappa shape index (κ3) is 3.80. The Balaban J connectivity index is 1.27. The molecule has 0 aromatic carbocycles. The first-order valence-corrected chi connectivity index (χ1v) is 9.30. The molecule has 4 rings (SSSR count). The zero-order chi connectivity index (χ0) is 15.5. The summed E-state index contributed by atoms with van der Waals surface area (Å²) in [6.07, 6.45) is 3.33. The van der Waals surface area contributed by atoms with E-state index in [-0.39, 0.29) is 0 Å². The highest BCUT2D eigenvalue weighted by Crippen LogP contribution is 2.25. The minimum absolute atomic E-state index is 0.350. The number of hydrogen-bond acceptors (Lipinski definition) is 5. The summed E-state index contributed by atoms with van der Waals surface area (Å²) in [4.78, 5) is 9.53. The van der Waals surface area contributed by atoms with Gasteiger partial charge in [-0.3, -0.25) is 14.8 Å². The lowest BCUT2D eigenvalue weighted by atomic mass is 10.1. The van der Waals surface area contributed by atoms with Crippen LogP contribution < -0.4 is 0 Å². The average Bonchev–Trinajstić information content (AvgIpc) is 3.23. The molecule has 0 N–H and O–H groups in total. The van der Waals surface area contributed by atoms with E-state index >= 15 is 0 Å². The van der Waals surface area contributed by atoms with Crippen molar-refractivity contribution in [2.45, 2.75) is 31.7 Å². The molecule has 2 unspecified atom stereocenters. The van der Waals surface area contributed by atoms with Crippen molar-refractivity contribution >= 4 is 11.3 Å². The number of ether oxygens (including phenoxy) is 1. The fourth-order valence-electron chi connectivity index (χ4n) is 3.65. The molecule has 4 heterocycles. The van der Waals surface area contributed by atoms with Gasteiger partial charge in [-0.25, -0.2) is 0 Å². The largest absolute Gasteiger partial charge is 0.371 e. The van der Waals surface area contributed by atoms with Crippen molar-refractivity contribution < 1.29 is 4.74 Å². The summed E-state index contributed by atoms with van der Waals surface area (Å²) in [5.74, 6) is 0. The van der Waals surface area contributed by atoms with E-state index in [1.165, 1.54) is 18.7 Å². The molecule has 2 aromatic heterocycles. The highest BCUT2D eigenvalue weighted by atomic mass is 32.1. The van der Waals surface area contributed by atoms with E-state index in [2.05, 4.69) is 31.6 Å². The molecule has 2 atom stereocenters. The Kier molecular flexibility index (Phi) is 4.71. The standard InChI is InChI=1S/C18H23N3OS/c1-2-5-19-16(3-1)13-22-18-9-17-11-20(6-7-21(17)12-18)10-15-4-8-23-14-15/h1-5,8,14,17-18H,6-7,9-13H2. The second-order valence-electron chi connectivity index (χ2n) is 6.51. The van der Waals surface area contributed by atoms with Crippen LogP contribution in [0.5, 0.6) is 0 Å². The molecule has 0 bridgehead atoms. The van der Waals surface area contributed by atoms with Crippen LogP contribution in [0.2, 0.25) is 0 Å². The minimum atomic E-state index is 0.350. The second kappa shape index (κ2) is 7.09. The number of rotatable bonds is 5. The summed E-state index contributed by atoms with van der Waals surface area (Å²) < 4.78 is 6.10. The highest BCUT2D eigenvalue weighted by molar-refractivity contribution is 7.07. The van der Waals surface area contributed by atoms with Crippen LogP contribution in [-0.4, -0.2) is 53.1 Å². The third-order valence-electron chi connectivity index (χ3n) is 4.84.